The van der Waals surface area contributed by atoms with E-state index in [2.05, 4.69) is 25.6 Å². The smallest absolute Gasteiger partial charge is 0.353 e. The van der Waals surface area contributed by atoms with Gasteiger partial charge in [-0.05, 0) is 25.0 Å². The third-order valence-electron chi connectivity index (χ3n) is 2.71. The Labute approximate surface area is 121 Å². The highest BCUT2D eigenvalue weighted by Crippen LogP contribution is 2.30. The van der Waals surface area contributed by atoms with Gasteiger partial charge < -0.3 is 10.6 Å². The van der Waals surface area contributed by atoms with E-state index in [-0.39, 0.29) is 17.3 Å². The molecule has 2 aromatic heterocycles. The van der Waals surface area contributed by atoms with Crippen LogP contribution in [0.3, 0.4) is 0 Å². The Morgan fingerprint density at radius 3 is 2.62 bits per heavy atom. The molecule has 0 fully saturated rings. The Kier molecular flexibility index (Phi) is 4.60. The zero-order chi connectivity index (χ0) is 15.2. The van der Waals surface area contributed by atoms with Crippen molar-refractivity contribution in [2.75, 3.05) is 17.2 Å². The van der Waals surface area contributed by atoms with E-state index < -0.39 is 4.92 Å². The van der Waals surface area contributed by atoms with Gasteiger partial charge in [-0.25, -0.2) is 15.0 Å². The first kappa shape index (κ1) is 14.6. The summed E-state index contributed by atoms with van der Waals surface area (Å²) >= 11 is 0. The molecule has 0 aliphatic carbocycles. The molecule has 0 aliphatic heterocycles. The molecular formula is C13H16N6O2. The maximum absolute atomic E-state index is 11.3. The zero-order valence-corrected chi connectivity index (χ0v) is 11.8. The number of hydrogen-bond donors (Lipinski definition) is 2. The van der Waals surface area contributed by atoms with E-state index in [1.54, 1.807) is 12.3 Å². The quantitative estimate of drug-likeness (QED) is 0.621. The number of anilines is 3. The fourth-order valence-electron chi connectivity index (χ4n) is 1.68. The van der Waals surface area contributed by atoms with Crippen molar-refractivity contribution in [1.82, 2.24) is 15.0 Å². The third kappa shape index (κ3) is 3.62. The van der Waals surface area contributed by atoms with Crippen LogP contribution in [0.4, 0.5) is 23.1 Å². The molecule has 0 bridgehead atoms. The Hall–Kier alpha value is -2.77. The second-order valence-electron chi connectivity index (χ2n) is 4.45. The molecule has 2 aromatic rings. The molecule has 110 valence electrons. The zero-order valence-electron chi connectivity index (χ0n) is 11.8. The summed E-state index contributed by atoms with van der Waals surface area (Å²) in [6.45, 7) is 4.48. The Morgan fingerprint density at radius 1 is 1.24 bits per heavy atom. The van der Waals surface area contributed by atoms with Crippen molar-refractivity contribution in [2.24, 2.45) is 0 Å². The van der Waals surface area contributed by atoms with Gasteiger partial charge in [0.1, 0.15) is 12.1 Å². The summed E-state index contributed by atoms with van der Waals surface area (Å²) in [5.41, 5.74) is 0.816. The number of aromatic nitrogens is 3. The molecule has 21 heavy (non-hydrogen) atoms. The minimum absolute atomic E-state index is 0.116. The number of hydrogen-bond acceptors (Lipinski definition) is 7. The third-order valence-corrected chi connectivity index (χ3v) is 2.71. The molecule has 0 aliphatic rings. The van der Waals surface area contributed by atoms with Crippen LogP contribution in [0.25, 0.3) is 0 Å². The van der Waals surface area contributed by atoms with Gasteiger partial charge in [0.15, 0.2) is 0 Å². The molecule has 0 saturated heterocycles. The van der Waals surface area contributed by atoms with E-state index in [9.17, 15) is 10.1 Å². The number of nitrogens with zero attached hydrogens (tertiary/aromatic N) is 4. The minimum atomic E-state index is -0.505. The van der Waals surface area contributed by atoms with Crippen molar-refractivity contribution in [3.63, 3.8) is 0 Å². The minimum Gasteiger partial charge on any atom is -0.364 e. The standard InChI is InChI=1S/C13H16N6O2/c1-3-6-14-12-11(19(20)21)13(17-8-16-12)18-10-5-4-9(2)7-15-10/h4-5,7-8H,3,6H2,1-2H3,(H2,14,15,16,17,18). The van der Waals surface area contributed by atoms with E-state index in [1.165, 1.54) is 6.33 Å². The van der Waals surface area contributed by atoms with Gasteiger partial charge in [0.25, 0.3) is 0 Å². The van der Waals surface area contributed by atoms with Crippen LogP contribution in [0.15, 0.2) is 24.7 Å². The van der Waals surface area contributed by atoms with Crippen molar-refractivity contribution >= 4 is 23.1 Å². The first-order valence-electron chi connectivity index (χ1n) is 6.54. The van der Waals surface area contributed by atoms with Crippen molar-refractivity contribution in [3.8, 4) is 0 Å². The summed E-state index contributed by atoms with van der Waals surface area (Å²) in [5, 5.41) is 17.1. The highest BCUT2D eigenvalue weighted by atomic mass is 16.6. The van der Waals surface area contributed by atoms with Gasteiger partial charge >= 0.3 is 5.69 Å². The fourth-order valence-corrected chi connectivity index (χ4v) is 1.68. The maximum Gasteiger partial charge on any atom is 0.353 e. The number of rotatable bonds is 6. The number of aryl methyl sites for hydroxylation is 1. The van der Waals surface area contributed by atoms with Crippen molar-refractivity contribution in [1.29, 1.82) is 0 Å². The lowest BCUT2D eigenvalue weighted by atomic mass is 10.3. The van der Waals surface area contributed by atoms with Gasteiger partial charge in [-0.2, -0.15) is 0 Å². The first-order chi connectivity index (χ1) is 10.1. The highest BCUT2D eigenvalue weighted by Gasteiger charge is 2.22. The average Bonchev–Trinajstić information content (AvgIpc) is 2.47. The van der Waals surface area contributed by atoms with Crippen molar-refractivity contribution in [2.45, 2.75) is 20.3 Å². The van der Waals surface area contributed by atoms with Crippen LogP contribution in [-0.2, 0) is 0 Å². The molecule has 2 heterocycles. The van der Waals surface area contributed by atoms with Crippen molar-refractivity contribution < 1.29 is 4.92 Å². The molecule has 0 amide bonds. The molecule has 8 nitrogen and oxygen atoms in total. The topological polar surface area (TPSA) is 106 Å². The van der Waals surface area contributed by atoms with Crippen LogP contribution >= 0.6 is 0 Å². The molecular weight excluding hydrogens is 272 g/mol. The highest BCUT2D eigenvalue weighted by molar-refractivity contribution is 5.72. The normalized spacial score (nSPS) is 10.2. The monoisotopic (exact) mass is 288 g/mol. The predicted molar refractivity (Wildman–Crippen MR) is 79.7 cm³/mol. The van der Waals surface area contributed by atoms with E-state index in [4.69, 9.17) is 0 Å². The average molecular weight is 288 g/mol. The fraction of sp³-hybridized carbons (Fsp3) is 0.308. The van der Waals surface area contributed by atoms with Crippen LogP contribution in [0.2, 0.25) is 0 Å². The number of nitrogens with one attached hydrogen (secondary N) is 2. The summed E-state index contributed by atoms with van der Waals surface area (Å²) < 4.78 is 0. The van der Waals surface area contributed by atoms with Crippen LogP contribution < -0.4 is 10.6 Å². The second kappa shape index (κ2) is 6.60. The van der Waals surface area contributed by atoms with E-state index in [0.717, 1.165) is 12.0 Å². The van der Waals surface area contributed by atoms with E-state index >= 15 is 0 Å². The van der Waals surface area contributed by atoms with Gasteiger partial charge in [0, 0.05) is 12.7 Å². The molecule has 0 unspecified atom stereocenters. The lowest BCUT2D eigenvalue weighted by Gasteiger charge is -2.09. The predicted octanol–water partition coefficient (Wildman–Crippen LogP) is 2.65. The van der Waals surface area contributed by atoms with Gasteiger partial charge in [0.05, 0.1) is 4.92 Å². The molecule has 8 heteroatoms. The molecule has 2 N–H and O–H groups in total. The van der Waals surface area contributed by atoms with Gasteiger partial charge in [0.2, 0.25) is 11.6 Å². The summed E-state index contributed by atoms with van der Waals surface area (Å²) in [6.07, 6.45) is 3.79. The number of nitro groups is 1. The largest absolute Gasteiger partial charge is 0.364 e. The van der Waals surface area contributed by atoms with Gasteiger partial charge in [-0.3, -0.25) is 10.1 Å². The summed E-state index contributed by atoms with van der Waals surface area (Å²) in [7, 11) is 0. The molecule has 0 saturated carbocycles. The molecule has 2 rings (SSSR count). The SMILES string of the molecule is CCCNc1ncnc(Nc2ccc(C)cn2)c1[N+](=O)[O-]. The Morgan fingerprint density at radius 2 is 2.00 bits per heavy atom. The Balaban J connectivity index is 2.33. The first-order valence-corrected chi connectivity index (χ1v) is 6.54. The molecule has 0 aromatic carbocycles. The van der Waals surface area contributed by atoms with Crippen LogP contribution in [-0.4, -0.2) is 26.4 Å². The summed E-state index contributed by atoms with van der Waals surface area (Å²) in [6, 6.07) is 3.60. The van der Waals surface area contributed by atoms with Gasteiger partial charge in [-0.1, -0.05) is 13.0 Å². The maximum atomic E-state index is 11.3. The van der Waals surface area contributed by atoms with E-state index in [1.807, 2.05) is 19.9 Å². The summed E-state index contributed by atoms with van der Waals surface area (Å²) in [4.78, 5) is 22.8. The molecule has 0 spiro atoms. The molecule has 0 radical (unpaired) electrons. The molecule has 0 atom stereocenters. The lowest BCUT2D eigenvalue weighted by Crippen LogP contribution is -2.09. The van der Waals surface area contributed by atoms with Gasteiger partial charge in [-0.15, -0.1) is 0 Å². The van der Waals surface area contributed by atoms with Crippen LogP contribution in [0.5, 0.6) is 0 Å². The van der Waals surface area contributed by atoms with Crippen LogP contribution in [0.1, 0.15) is 18.9 Å². The number of pyridine rings is 1. The lowest BCUT2D eigenvalue weighted by molar-refractivity contribution is -0.383. The summed E-state index contributed by atoms with van der Waals surface area (Å²) in [5.74, 6) is 0.806. The second-order valence-corrected chi connectivity index (χ2v) is 4.45. The van der Waals surface area contributed by atoms with E-state index in [0.29, 0.717) is 12.4 Å². The van der Waals surface area contributed by atoms with Crippen molar-refractivity contribution in [3.05, 3.63) is 40.3 Å². The van der Waals surface area contributed by atoms with Crippen LogP contribution in [0, 0.1) is 17.0 Å². The Bertz CT molecular complexity index is 629.